The molecule has 3 heteroatoms. The number of aliphatic carboxylic acids is 1. The number of nitrogens with two attached hydrogens (primary N) is 1. The van der Waals surface area contributed by atoms with Gasteiger partial charge >= 0.3 is 5.97 Å². The lowest BCUT2D eigenvalue weighted by molar-refractivity contribution is -0.139. The van der Waals surface area contributed by atoms with Crippen LogP contribution in [0.1, 0.15) is 6.92 Å². The van der Waals surface area contributed by atoms with E-state index in [1.165, 1.54) is 0 Å². The summed E-state index contributed by atoms with van der Waals surface area (Å²) < 4.78 is 0. The molecule has 3 nitrogen and oxygen atoms in total. The Labute approximate surface area is 53.9 Å². The number of rotatable bonds is 2. The third-order valence-corrected chi connectivity index (χ3v) is 1.09. The van der Waals surface area contributed by atoms with Gasteiger partial charge in [0.15, 0.2) is 0 Å². The third-order valence-electron chi connectivity index (χ3n) is 1.09. The summed E-state index contributed by atoms with van der Waals surface area (Å²) in [5.41, 5.74) is 5.13. The number of carboxylic acid groups (broad SMARTS) is 1. The number of hydrogen-bond acceptors (Lipinski definition) is 2. The van der Waals surface area contributed by atoms with Crippen LogP contribution < -0.4 is 5.73 Å². The molecule has 0 aliphatic carbocycles. The van der Waals surface area contributed by atoms with Crippen LogP contribution in [0.25, 0.3) is 0 Å². The van der Waals surface area contributed by atoms with Crippen LogP contribution in [0.2, 0.25) is 0 Å². The fourth-order valence-corrected chi connectivity index (χ4v) is 0.318. The molecule has 0 aliphatic heterocycles. The maximum atomic E-state index is 10.1. The zero-order chi connectivity index (χ0) is 7.44. The molecule has 0 rings (SSSR count). The van der Waals surface area contributed by atoms with E-state index in [0.29, 0.717) is 0 Å². The molecule has 0 aromatic heterocycles. The lowest BCUT2D eigenvalue weighted by Crippen LogP contribution is -2.35. The van der Waals surface area contributed by atoms with Crippen LogP contribution in [0.5, 0.6) is 0 Å². The van der Waals surface area contributed by atoms with E-state index in [1.807, 2.05) is 0 Å². The van der Waals surface area contributed by atoms with Gasteiger partial charge in [0.2, 0.25) is 0 Å². The lowest BCUT2D eigenvalue weighted by atomic mass is 10.1. The van der Waals surface area contributed by atoms with E-state index in [4.69, 9.17) is 17.3 Å². The molecular weight excluding hydrogens is 118 g/mol. The minimum absolute atomic E-state index is 0.400. The highest BCUT2D eigenvalue weighted by Gasteiger charge is 2.16. The minimum atomic E-state index is -1.06. The van der Waals surface area contributed by atoms with E-state index in [9.17, 15) is 4.79 Å². The Morgan fingerprint density at radius 3 is 2.44 bits per heavy atom. The van der Waals surface area contributed by atoms with Gasteiger partial charge < -0.3 is 10.8 Å². The summed E-state index contributed by atoms with van der Waals surface area (Å²) in [5.74, 6) is 0.785. The van der Waals surface area contributed by atoms with E-state index in [0.717, 1.165) is 0 Å². The molecule has 0 radical (unpaired) electrons. The van der Waals surface area contributed by atoms with E-state index >= 15 is 0 Å². The molecule has 9 heavy (non-hydrogen) atoms. The predicted octanol–water partition coefficient (Wildman–Crippen LogP) is -0.332. The summed E-state index contributed by atoms with van der Waals surface area (Å²) in [4.78, 5) is 10.1. The summed E-state index contributed by atoms with van der Waals surface area (Å²) in [7, 11) is 0. The van der Waals surface area contributed by atoms with Gasteiger partial charge in [-0.05, 0) is 6.92 Å². The fourth-order valence-electron chi connectivity index (χ4n) is 0.318. The van der Waals surface area contributed by atoms with Gasteiger partial charge in [0.25, 0.3) is 0 Å². The maximum absolute atomic E-state index is 10.1. The van der Waals surface area contributed by atoms with Gasteiger partial charge in [-0.1, -0.05) is 0 Å². The number of carbonyl (C=O) groups is 1. The van der Waals surface area contributed by atoms with Gasteiger partial charge in [-0.15, -0.1) is 12.3 Å². The van der Waals surface area contributed by atoms with Crippen molar-refractivity contribution in [3.63, 3.8) is 0 Å². The van der Waals surface area contributed by atoms with Crippen LogP contribution in [0.3, 0.4) is 0 Å². The van der Waals surface area contributed by atoms with Crippen LogP contribution in [-0.2, 0) is 4.79 Å². The first kappa shape index (κ1) is 7.99. The molecule has 2 atom stereocenters. The second-order valence-electron chi connectivity index (χ2n) is 1.82. The van der Waals surface area contributed by atoms with Gasteiger partial charge in [0.05, 0.1) is 0 Å². The highest BCUT2D eigenvalue weighted by molar-refractivity contribution is 5.73. The third kappa shape index (κ3) is 2.15. The van der Waals surface area contributed by atoms with Crippen molar-refractivity contribution in [3.05, 3.63) is 0 Å². The molecule has 0 saturated heterocycles. The summed E-state index contributed by atoms with van der Waals surface area (Å²) in [6, 6.07) is -0.935. The molecule has 0 unspecified atom stereocenters. The second kappa shape index (κ2) is 3.10. The number of terminal acetylenes is 1. The van der Waals surface area contributed by atoms with Crippen LogP contribution in [-0.4, -0.2) is 17.1 Å². The Kier molecular flexibility index (Phi) is 2.75. The molecule has 0 saturated carbocycles. The van der Waals surface area contributed by atoms with E-state index in [1.54, 1.807) is 6.92 Å². The predicted molar refractivity (Wildman–Crippen MR) is 33.6 cm³/mol. The molecule has 0 aromatic rings. The van der Waals surface area contributed by atoms with Crippen molar-refractivity contribution >= 4 is 5.97 Å². The Morgan fingerprint density at radius 1 is 1.89 bits per heavy atom. The molecule has 50 valence electrons. The van der Waals surface area contributed by atoms with Gasteiger partial charge in [-0.3, -0.25) is 4.79 Å². The topological polar surface area (TPSA) is 63.3 Å². The molecule has 0 bridgehead atoms. The van der Waals surface area contributed by atoms with E-state index < -0.39 is 17.9 Å². The van der Waals surface area contributed by atoms with Gasteiger partial charge in [-0.25, -0.2) is 0 Å². The maximum Gasteiger partial charge on any atom is 0.321 e. The SMILES string of the molecule is C#C[C@H](C)[C@H](N)C(=O)O. The van der Waals surface area contributed by atoms with Crippen molar-refractivity contribution in [2.75, 3.05) is 0 Å². The largest absolute Gasteiger partial charge is 0.480 e. The summed E-state index contributed by atoms with van der Waals surface area (Å²) in [5, 5.41) is 8.26. The summed E-state index contributed by atoms with van der Waals surface area (Å²) in [6.45, 7) is 1.60. The van der Waals surface area contributed by atoms with Crippen molar-refractivity contribution < 1.29 is 9.90 Å². The first-order valence-electron chi connectivity index (χ1n) is 2.54. The Balaban J connectivity index is 3.91. The Hall–Kier alpha value is -1.01. The molecule has 0 spiro atoms. The smallest absolute Gasteiger partial charge is 0.321 e. The van der Waals surface area contributed by atoms with Crippen LogP contribution in [0.4, 0.5) is 0 Å². The Bertz CT molecular complexity index is 148. The molecule has 0 heterocycles. The monoisotopic (exact) mass is 127 g/mol. The highest BCUT2D eigenvalue weighted by Crippen LogP contribution is 1.96. The van der Waals surface area contributed by atoms with Crippen molar-refractivity contribution in [1.82, 2.24) is 0 Å². The second-order valence-corrected chi connectivity index (χ2v) is 1.82. The van der Waals surface area contributed by atoms with Crippen molar-refractivity contribution in [2.24, 2.45) is 11.7 Å². The minimum Gasteiger partial charge on any atom is -0.480 e. The molecule has 0 aliphatic rings. The van der Waals surface area contributed by atoms with Crippen LogP contribution in [0, 0.1) is 18.3 Å². The van der Waals surface area contributed by atoms with Gasteiger partial charge in [-0.2, -0.15) is 0 Å². The van der Waals surface area contributed by atoms with Crippen molar-refractivity contribution in [3.8, 4) is 12.3 Å². The first-order chi connectivity index (χ1) is 4.09. The van der Waals surface area contributed by atoms with Gasteiger partial charge in [0, 0.05) is 5.92 Å². The summed E-state index contributed by atoms with van der Waals surface area (Å²) >= 11 is 0. The number of carboxylic acids is 1. The normalized spacial score (nSPS) is 15.7. The fraction of sp³-hybridized carbons (Fsp3) is 0.500. The summed E-state index contributed by atoms with van der Waals surface area (Å²) in [6.07, 6.45) is 4.92. The van der Waals surface area contributed by atoms with Crippen molar-refractivity contribution in [1.29, 1.82) is 0 Å². The highest BCUT2D eigenvalue weighted by atomic mass is 16.4. The lowest BCUT2D eigenvalue weighted by Gasteiger charge is -2.07. The molecular formula is C6H9NO2. The number of hydrogen-bond donors (Lipinski definition) is 2. The van der Waals surface area contributed by atoms with E-state index in [-0.39, 0.29) is 0 Å². The zero-order valence-corrected chi connectivity index (χ0v) is 5.16. The standard InChI is InChI=1S/C6H9NO2/c1-3-4(2)5(7)6(8)9/h1,4-5H,7H2,2H3,(H,8,9)/t4-,5-/m0/s1. The van der Waals surface area contributed by atoms with Gasteiger partial charge in [0.1, 0.15) is 6.04 Å². The molecule has 3 N–H and O–H groups in total. The zero-order valence-electron chi connectivity index (χ0n) is 5.16. The average Bonchev–Trinajstić information content (AvgIpc) is 1.84. The molecule has 0 amide bonds. The van der Waals surface area contributed by atoms with E-state index in [2.05, 4.69) is 5.92 Å². The van der Waals surface area contributed by atoms with Crippen molar-refractivity contribution in [2.45, 2.75) is 13.0 Å². The van der Waals surface area contributed by atoms with Crippen LogP contribution >= 0.6 is 0 Å². The molecule has 0 fully saturated rings. The van der Waals surface area contributed by atoms with Crippen LogP contribution in [0.15, 0.2) is 0 Å². The quantitative estimate of drug-likeness (QED) is 0.499. The Morgan fingerprint density at radius 2 is 2.33 bits per heavy atom. The average molecular weight is 127 g/mol. The first-order valence-corrected chi connectivity index (χ1v) is 2.54. The molecule has 0 aromatic carbocycles.